The lowest BCUT2D eigenvalue weighted by atomic mass is 10.2. The molecule has 2 N–H and O–H groups in total. The molecule has 1 unspecified atom stereocenters. The van der Waals surface area contributed by atoms with Crippen molar-refractivity contribution < 1.29 is 9.59 Å². The topological polar surface area (TPSA) is 76.0 Å². The second-order valence-electron chi connectivity index (χ2n) is 6.57. The van der Waals surface area contributed by atoms with E-state index in [2.05, 4.69) is 15.7 Å². The Bertz CT molecular complexity index is 732. The van der Waals surface area contributed by atoms with Crippen LogP contribution in [-0.4, -0.2) is 34.2 Å². The molecule has 0 saturated heterocycles. The zero-order chi connectivity index (χ0) is 17.8. The number of carbonyl (C=O) groups is 2. The Balaban J connectivity index is 1.65. The first kappa shape index (κ1) is 17.7. The molecular formula is C18H24N4O2S. The van der Waals surface area contributed by atoms with Crippen LogP contribution in [0.4, 0.5) is 0 Å². The quantitative estimate of drug-likeness (QED) is 0.804. The molecule has 25 heavy (non-hydrogen) atoms. The second-order valence-corrected chi connectivity index (χ2v) is 7.55. The van der Waals surface area contributed by atoms with Gasteiger partial charge in [-0.25, -0.2) is 0 Å². The van der Waals surface area contributed by atoms with Crippen molar-refractivity contribution in [2.24, 2.45) is 0 Å². The van der Waals surface area contributed by atoms with E-state index in [1.54, 1.807) is 11.3 Å². The van der Waals surface area contributed by atoms with E-state index in [4.69, 9.17) is 0 Å². The summed E-state index contributed by atoms with van der Waals surface area (Å²) in [6.07, 6.45) is 4.15. The van der Waals surface area contributed by atoms with Gasteiger partial charge in [0.2, 0.25) is 0 Å². The highest BCUT2D eigenvalue weighted by molar-refractivity contribution is 7.10. The number of aromatic nitrogens is 2. The molecular weight excluding hydrogens is 336 g/mol. The van der Waals surface area contributed by atoms with E-state index < -0.39 is 11.8 Å². The molecule has 0 bridgehead atoms. The lowest BCUT2D eigenvalue weighted by Gasteiger charge is -2.19. The van der Waals surface area contributed by atoms with Gasteiger partial charge in [-0.05, 0) is 44.2 Å². The largest absolute Gasteiger partial charge is 0.345 e. The predicted octanol–water partition coefficient (Wildman–Crippen LogP) is 2.33. The number of aryl methyl sites for hydroxylation is 2. The molecule has 1 fully saturated rings. The average Bonchev–Trinajstić information content (AvgIpc) is 3.31. The predicted molar refractivity (Wildman–Crippen MR) is 97.6 cm³/mol. The maximum atomic E-state index is 12.2. The maximum Gasteiger partial charge on any atom is 0.309 e. The summed E-state index contributed by atoms with van der Waals surface area (Å²) in [6.45, 7) is 4.28. The average molecular weight is 360 g/mol. The molecule has 1 aliphatic rings. The van der Waals surface area contributed by atoms with Crippen molar-refractivity contribution in [2.75, 3.05) is 6.54 Å². The Morgan fingerprint density at radius 2 is 2.08 bits per heavy atom. The van der Waals surface area contributed by atoms with Gasteiger partial charge in [-0.15, -0.1) is 11.3 Å². The molecule has 6 nitrogen and oxygen atoms in total. The summed E-state index contributed by atoms with van der Waals surface area (Å²) >= 11 is 1.62. The van der Waals surface area contributed by atoms with E-state index >= 15 is 0 Å². The molecule has 0 aliphatic heterocycles. The number of thiophene rings is 1. The van der Waals surface area contributed by atoms with Crippen molar-refractivity contribution in [3.8, 4) is 0 Å². The first-order chi connectivity index (χ1) is 12.0. The van der Waals surface area contributed by atoms with Crippen LogP contribution in [0.5, 0.6) is 0 Å². The van der Waals surface area contributed by atoms with E-state index in [0.29, 0.717) is 6.54 Å². The van der Waals surface area contributed by atoms with Crippen LogP contribution in [0.25, 0.3) is 0 Å². The van der Waals surface area contributed by atoms with E-state index in [0.717, 1.165) is 41.9 Å². The standard InChI is InChI=1S/C18H24N4O2S/c1-12-10-13(2)22(21-12)15(16-8-5-9-25-16)11-19-17(23)18(24)20-14-6-3-4-7-14/h5,8-10,14-15H,3-4,6-7,11H2,1-2H3,(H,19,23)(H,20,24). The minimum atomic E-state index is -0.574. The highest BCUT2D eigenvalue weighted by atomic mass is 32.1. The number of nitrogens with one attached hydrogen (secondary N) is 2. The summed E-state index contributed by atoms with van der Waals surface area (Å²) in [5.74, 6) is -1.11. The molecule has 0 aromatic carbocycles. The lowest BCUT2D eigenvalue weighted by molar-refractivity contribution is -0.139. The fraction of sp³-hybridized carbons (Fsp3) is 0.500. The van der Waals surface area contributed by atoms with Crippen LogP contribution in [0.1, 0.15) is 48.0 Å². The van der Waals surface area contributed by atoms with Gasteiger partial charge in [-0.2, -0.15) is 5.10 Å². The molecule has 3 rings (SSSR count). The number of hydrogen-bond acceptors (Lipinski definition) is 4. The normalized spacial score (nSPS) is 15.9. The van der Waals surface area contributed by atoms with E-state index in [9.17, 15) is 9.59 Å². The van der Waals surface area contributed by atoms with E-state index in [-0.39, 0.29) is 12.1 Å². The summed E-state index contributed by atoms with van der Waals surface area (Å²) in [4.78, 5) is 25.3. The van der Waals surface area contributed by atoms with Crippen molar-refractivity contribution >= 4 is 23.2 Å². The number of hydrogen-bond donors (Lipinski definition) is 2. The molecule has 0 spiro atoms. The number of rotatable bonds is 5. The molecule has 7 heteroatoms. The fourth-order valence-electron chi connectivity index (χ4n) is 3.34. The van der Waals surface area contributed by atoms with Gasteiger partial charge in [0.15, 0.2) is 0 Å². The van der Waals surface area contributed by atoms with Crippen LogP contribution in [0, 0.1) is 13.8 Å². The number of nitrogens with zero attached hydrogens (tertiary/aromatic N) is 2. The summed E-state index contributed by atoms with van der Waals surface area (Å²) < 4.78 is 1.91. The Morgan fingerprint density at radius 3 is 2.68 bits per heavy atom. The highest BCUT2D eigenvalue weighted by Crippen LogP contribution is 2.24. The SMILES string of the molecule is Cc1cc(C)n(C(CNC(=O)C(=O)NC2CCCC2)c2cccs2)n1. The van der Waals surface area contributed by atoms with Gasteiger partial charge in [0, 0.05) is 23.2 Å². The van der Waals surface area contributed by atoms with Crippen molar-refractivity contribution in [1.29, 1.82) is 0 Å². The Labute approximate surface area is 151 Å². The number of carbonyl (C=O) groups excluding carboxylic acids is 2. The first-order valence-electron chi connectivity index (χ1n) is 8.69. The minimum Gasteiger partial charge on any atom is -0.345 e. The van der Waals surface area contributed by atoms with Crippen LogP contribution in [0.3, 0.4) is 0 Å². The van der Waals surface area contributed by atoms with Gasteiger partial charge in [0.05, 0.1) is 5.69 Å². The molecule has 0 radical (unpaired) electrons. The van der Waals surface area contributed by atoms with Crippen molar-refractivity contribution in [3.63, 3.8) is 0 Å². The van der Waals surface area contributed by atoms with Gasteiger partial charge in [0.1, 0.15) is 6.04 Å². The molecule has 2 aromatic rings. The van der Waals surface area contributed by atoms with Crippen LogP contribution in [0.15, 0.2) is 23.6 Å². The molecule has 134 valence electrons. The minimum absolute atomic E-state index is 0.114. The van der Waals surface area contributed by atoms with Crippen LogP contribution < -0.4 is 10.6 Å². The van der Waals surface area contributed by atoms with Crippen molar-refractivity contribution in [3.05, 3.63) is 39.8 Å². The second kappa shape index (κ2) is 7.82. The molecule has 2 heterocycles. The van der Waals surface area contributed by atoms with Gasteiger partial charge < -0.3 is 10.6 Å². The third-order valence-electron chi connectivity index (χ3n) is 4.56. The zero-order valence-electron chi connectivity index (χ0n) is 14.6. The molecule has 2 amide bonds. The van der Waals surface area contributed by atoms with E-state index in [1.807, 2.05) is 42.1 Å². The van der Waals surface area contributed by atoms with Gasteiger partial charge in [-0.3, -0.25) is 14.3 Å². The Hall–Kier alpha value is -2.15. The summed E-state index contributed by atoms with van der Waals surface area (Å²) in [5, 5.41) is 12.1. The summed E-state index contributed by atoms with van der Waals surface area (Å²) in [6, 6.07) is 6.04. The van der Waals surface area contributed by atoms with Crippen molar-refractivity contribution in [1.82, 2.24) is 20.4 Å². The third-order valence-corrected chi connectivity index (χ3v) is 5.54. The van der Waals surface area contributed by atoms with Gasteiger partial charge in [0.25, 0.3) is 0 Å². The van der Waals surface area contributed by atoms with Gasteiger partial charge >= 0.3 is 11.8 Å². The smallest absolute Gasteiger partial charge is 0.309 e. The van der Waals surface area contributed by atoms with Crippen LogP contribution >= 0.6 is 11.3 Å². The Kier molecular flexibility index (Phi) is 5.53. The molecule has 2 aromatic heterocycles. The molecule has 1 aliphatic carbocycles. The molecule has 1 atom stereocenters. The van der Waals surface area contributed by atoms with E-state index in [1.165, 1.54) is 0 Å². The third kappa shape index (κ3) is 4.28. The zero-order valence-corrected chi connectivity index (χ0v) is 15.4. The summed E-state index contributed by atoms with van der Waals surface area (Å²) in [5.41, 5.74) is 1.96. The summed E-state index contributed by atoms with van der Waals surface area (Å²) in [7, 11) is 0. The first-order valence-corrected chi connectivity index (χ1v) is 9.57. The van der Waals surface area contributed by atoms with Crippen molar-refractivity contribution in [2.45, 2.75) is 51.6 Å². The number of amides is 2. The van der Waals surface area contributed by atoms with Gasteiger partial charge in [-0.1, -0.05) is 18.9 Å². The lowest BCUT2D eigenvalue weighted by Crippen LogP contribution is -2.45. The van der Waals surface area contributed by atoms with Crippen LogP contribution in [-0.2, 0) is 9.59 Å². The fourth-order valence-corrected chi connectivity index (χ4v) is 4.15. The van der Waals surface area contributed by atoms with Crippen LogP contribution in [0.2, 0.25) is 0 Å². The monoisotopic (exact) mass is 360 g/mol. The Morgan fingerprint density at radius 1 is 1.32 bits per heavy atom. The molecule has 1 saturated carbocycles. The maximum absolute atomic E-state index is 12.2. The highest BCUT2D eigenvalue weighted by Gasteiger charge is 2.24.